The Morgan fingerprint density at radius 2 is 2.27 bits per heavy atom. The maximum Gasteiger partial charge on any atom is 0.106 e. The summed E-state index contributed by atoms with van der Waals surface area (Å²) in [6.07, 6.45) is 0. The first kappa shape index (κ1) is 3.90. The van der Waals surface area contributed by atoms with Crippen LogP contribution >= 0.6 is 0 Å². The van der Waals surface area contributed by atoms with Gasteiger partial charge in [-0.3, -0.25) is 0 Å². The van der Waals surface area contributed by atoms with Gasteiger partial charge in [-0.15, -0.1) is 0 Å². The summed E-state index contributed by atoms with van der Waals surface area (Å²) >= 11 is 0. The molecule has 1 heterocycles. The Balaban J connectivity index is 2.81. The fourth-order valence-corrected chi connectivity index (χ4v) is 1.15. The van der Waals surface area contributed by atoms with E-state index in [-0.39, 0.29) is 0 Å². The smallest absolute Gasteiger partial charge is 0.106 e. The quantitative estimate of drug-likeness (QED) is 0.559. The van der Waals surface area contributed by atoms with E-state index in [4.69, 9.17) is 4.11 Å². The van der Waals surface area contributed by atoms with E-state index >= 15 is 0 Å². The fraction of sp³-hybridized carbons (Fsp3) is 0.222. The van der Waals surface area contributed by atoms with Gasteiger partial charge >= 0.3 is 0 Å². The molecule has 0 saturated carbocycles. The van der Waals surface area contributed by atoms with Crippen LogP contribution in [0.1, 0.15) is 9.94 Å². The van der Waals surface area contributed by atoms with Crippen LogP contribution in [0.15, 0.2) is 24.3 Å². The molecule has 0 spiro atoms. The largest absolute Gasteiger partial charge is 0.331 e. The summed E-state index contributed by atoms with van der Waals surface area (Å²) < 4.78 is 23.4. The van der Waals surface area contributed by atoms with Gasteiger partial charge in [0.15, 0.2) is 0 Å². The molecule has 56 valence electrons. The van der Waals surface area contributed by atoms with Crippen LogP contribution in [-0.4, -0.2) is 9.55 Å². The monoisotopic (exact) mass is 149 g/mol. The number of para-hydroxylation sites is 2. The predicted molar refractivity (Wildman–Crippen MR) is 45.5 cm³/mol. The van der Waals surface area contributed by atoms with Crippen molar-refractivity contribution in [2.75, 3.05) is 0 Å². The zero-order chi connectivity index (χ0) is 10.3. The standard InChI is InChI=1S/C9H10N2/c1-7-10-8-5-3-4-6-9(8)11(7)2/h3-6H,1-2H3/i2D3. The van der Waals surface area contributed by atoms with Gasteiger partial charge in [-0.1, -0.05) is 12.1 Å². The van der Waals surface area contributed by atoms with E-state index in [0.29, 0.717) is 11.3 Å². The molecule has 1 aromatic heterocycles. The lowest BCUT2D eigenvalue weighted by molar-refractivity contribution is 0.886. The van der Waals surface area contributed by atoms with Crippen LogP contribution in [0, 0.1) is 6.92 Å². The lowest BCUT2D eigenvalue weighted by atomic mass is 10.3. The Bertz CT molecular complexity index is 470. The number of hydrogen-bond donors (Lipinski definition) is 0. The molecule has 0 bridgehead atoms. The number of aryl methyl sites for hydroxylation is 2. The molecule has 11 heavy (non-hydrogen) atoms. The van der Waals surface area contributed by atoms with E-state index in [1.165, 1.54) is 4.57 Å². The van der Waals surface area contributed by atoms with Crippen molar-refractivity contribution in [3.63, 3.8) is 0 Å². The molecule has 2 aromatic rings. The number of aromatic nitrogens is 2. The first-order valence-corrected chi connectivity index (χ1v) is 3.45. The highest BCUT2D eigenvalue weighted by atomic mass is 15.0. The molecule has 0 saturated heterocycles. The fourth-order valence-electron chi connectivity index (χ4n) is 1.15. The molecule has 0 unspecified atom stereocenters. The average Bonchev–Trinajstić information content (AvgIpc) is 2.38. The van der Waals surface area contributed by atoms with Crippen molar-refractivity contribution in [1.82, 2.24) is 9.55 Å². The van der Waals surface area contributed by atoms with Crippen molar-refractivity contribution in [3.05, 3.63) is 30.1 Å². The van der Waals surface area contributed by atoms with Gasteiger partial charge in [0.1, 0.15) is 5.82 Å². The van der Waals surface area contributed by atoms with Crippen molar-refractivity contribution < 1.29 is 4.11 Å². The van der Waals surface area contributed by atoms with Gasteiger partial charge in [-0.25, -0.2) is 4.98 Å². The molecule has 0 aliphatic rings. The van der Waals surface area contributed by atoms with Gasteiger partial charge in [0.05, 0.1) is 11.0 Å². The van der Waals surface area contributed by atoms with Gasteiger partial charge in [0.2, 0.25) is 0 Å². The number of hydrogen-bond acceptors (Lipinski definition) is 1. The number of benzene rings is 1. The molecule has 0 aliphatic carbocycles. The Morgan fingerprint density at radius 1 is 1.45 bits per heavy atom. The van der Waals surface area contributed by atoms with E-state index in [1.807, 2.05) is 18.2 Å². The molecule has 2 rings (SSSR count). The zero-order valence-electron chi connectivity index (χ0n) is 9.20. The Morgan fingerprint density at radius 3 is 3.09 bits per heavy atom. The average molecular weight is 149 g/mol. The summed E-state index contributed by atoms with van der Waals surface area (Å²) in [6.45, 7) is -0.452. The minimum Gasteiger partial charge on any atom is -0.331 e. The molecule has 0 atom stereocenters. The molecular formula is C9H10N2. The third-order valence-electron chi connectivity index (χ3n) is 1.73. The summed E-state index contributed by atoms with van der Waals surface area (Å²) in [4.78, 5) is 4.18. The summed E-state index contributed by atoms with van der Waals surface area (Å²) in [5, 5.41) is 0. The minimum absolute atomic E-state index is 0.520. The van der Waals surface area contributed by atoms with Crippen LogP contribution < -0.4 is 0 Å². The number of fused-ring (bicyclic) bond motifs is 1. The number of nitrogens with zero attached hydrogens (tertiary/aromatic N) is 2. The number of imidazole rings is 1. The Labute approximate surface area is 69.7 Å². The normalized spacial score (nSPS) is 15.9. The van der Waals surface area contributed by atoms with Gasteiger partial charge in [-0.05, 0) is 19.1 Å². The summed E-state index contributed by atoms with van der Waals surface area (Å²) in [5.74, 6) is 0.520. The SMILES string of the molecule is [2H]C([2H])([2H])n1c(C)nc2ccccc21. The van der Waals surface area contributed by atoms with Gasteiger partial charge < -0.3 is 4.57 Å². The highest BCUT2D eigenvalue weighted by Gasteiger charge is 2.00. The van der Waals surface area contributed by atoms with Crippen LogP contribution in [0.25, 0.3) is 11.0 Å². The topological polar surface area (TPSA) is 17.8 Å². The van der Waals surface area contributed by atoms with Gasteiger partial charge in [0, 0.05) is 11.1 Å². The van der Waals surface area contributed by atoms with Crippen molar-refractivity contribution in [1.29, 1.82) is 0 Å². The molecule has 2 nitrogen and oxygen atoms in total. The van der Waals surface area contributed by atoms with E-state index in [1.54, 1.807) is 13.0 Å². The lowest BCUT2D eigenvalue weighted by Crippen LogP contribution is -1.89. The first-order valence-electron chi connectivity index (χ1n) is 4.95. The maximum atomic E-state index is 7.37. The Kier molecular flexibility index (Phi) is 0.741. The van der Waals surface area contributed by atoms with Gasteiger partial charge in [-0.2, -0.15) is 0 Å². The highest BCUT2D eigenvalue weighted by molar-refractivity contribution is 5.75. The Hall–Kier alpha value is -1.31. The van der Waals surface area contributed by atoms with Gasteiger partial charge in [0.25, 0.3) is 0 Å². The maximum absolute atomic E-state index is 7.37. The van der Waals surface area contributed by atoms with E-state index in [2.05, 4.69) is 4.98 Å². The van der Waals surface area contributed by atoms with Crippen molar-refractivity contribution in [2.24, 2.45) is 6.98 Å². The first-order chi connectivity index (χ1) is 6.50. The highest BCUT2D eigenvalue weighted by Crippen LogP contribution is 2.12. The molecule has 0 amide bonds. The lowest BCUT2D eigenvalue weighted by Gasteiger charge is -1.93. The zero-order valence-corrected chi connectivity index (χ0v) is 6.20. The molecule has 0 radical (unpaired) electrons. The van der Waals surface area contributed by atoms with Crippen molar-refractivity contribution in [3.8, 4) is 0 Å². The summed E-state index contributed by atoms with van der Waals surface area (Å²) in [6, 6.07) is 7.23. The molecule has 1 aromatic carbocycles. The molecular weight excluding hydrogens is 136 g/mol. The molecule has 0 fully saturated rings. The third-order valence-corrected chi connectivity index (χ3v) is 1.73. The van der Waals surface area contributed by atoms with Crippen LogP contribution in [-0.2, 0) is 6.98 Å². The van der Waals surface area contributed by atoms with E-state index < -0.39 is 6.98 Å². The second-order valence-corrected chi connectivity index (χ2v) is 2.48. The number of rotatable bonds is 0. The van der Waals surface area contributed by atoms with Crippen molar-refractivity contribution >= 4 is 11.0 Å². The van der Waals surface area contributed by atoms with E-state index in [9.17, 15) is 0 Å². The molecule has 0 aliphatic heterocycles. The minimum atomic E-state index is -2.15. The molecule has 2 heteroatoms. The summed E-state index contributed by atoms with van der Waals surface area (Å²) in [5.41, 5.74) is 1.38. The van der Waals surface area contributed by atoms with Crippen molar-refractivity contribution in [2.45, 2.75) is 6.92 Å². The van der Waals surface area contributed by atoms with Crippen LogP contribution in [0.3, 0.4) is 0 Å². The second-order valence-electron chi connectivity index (χ2n) is 2.48. The van der Waals surface area contributed by atoms with E-state index in [0.717, 1.165) is 5.52 Å². The second kappa shape index (κ2) is 2.09. The van der Waals surface area contributed by atoms with Crippen LogP contribution in [0.5, 0.6) is 0 Å². The molecule has 0 N–H and O–H groups in total. The summed E-state index contributed by atoms with van der Waals surface area (Å²) in [7, 11) is 0. The third kappa shape index (κ3) is 0.827. The predicted octanol–water partition coefficient (Wildman–Crippen LogP) is 1.88. The van der Waals surface area contributed by atoms with Crippen LogP contribution in [0.4, 0.5) is 0 Å². The van der Waals surface area contributed by atoms with Crippen LogP contribution in [0.2, 0.25) is 0 Å².